The highest BCUT2D eigenvalue weighted by Gasteiger charge is 2.39. The summed E-state index contributed by atoms with van der Waals surface area (Å²) in [5.74, 6) is 0.323. The van der Waals surface area contributed by atoms with Gasteiger partial charge in [0, 0.05) is 0 Å². The van der Waals surface area contributed by atoms with Gasteiger partial charge in [-0.1, -0.05) is 26.8 Å². The van der Waals surface area contributed by atoms with Gasteiger partial charge in [-0.2, -0.15) is 0 Å². The molecule has 0 unspecified atom stereocenters. The maximum Gasteiger partial charge on any atom is 0.320 e. The van der Waals surface area contributed by atoms with E-state index in [0.717, 1.165) is 5.56 Å². The molecule has 1 rings (SSSR count). The summed E-state index contributed by atoms with van der Waals surface area (Å²) in [6, 6.07) is 4.62. The quantitative estimate of drug-likeness (QED) is 0.736. The van der Waals surface area contributed by atoms with E-state index in [-0.39, 0.29) is 17.1 Å². The van der Waals surface area contributed by atoms with E-state index in [0.29, 0.717) is 11.5 Å². The van der Waals surface area contributed by atoms with Gasteiger partial charge in [-0.05, 0) is 63.0 Å². The number of nitrogens with two attached hydrogens (primary N) is 1. The third kappa shape index (κ3) is 6.36. The van der Waals surface area contributed by atoms with Gasteiger partial charge >= 0.3 is 5.97 Å². The zero-order valence-electron chi connectivity index (χ0n) is 16.8. The van der Waals surface area contributed by atoms with Crippen LogP contribution in [-0.2, 0) is 11.2 Å². The van der Waals surface area contributed by atoms with Crippen LogP contribution in [0.25, 0.3) is 0 Å². The number of benzene rings is 1. The van der Waals surface area contributed by atoms with Crippen LogP contribution in [0.1, 0.15) is 47.1 Å². The van der Waals surface area contributed by atoms with E-state index in [4.69, 9.17) is 20.0 Å². The Bertz CT molecular complexity index is 615. The van der Waals surface area contributed by atoms with E-state index in [1.54, 1.807) is 0 Å². The van der Waals surface area contributed by atoms with Crippen molar-refractivity contribution in [2.45, 2.75) is 77.7 Å². The highest BCUT2D eigenvalue weighted by atomic mass is 28.4. The van der Waals surface area contributed by atoms with Crippen molar-refractivity contribution >= 4 is 14.3 Å². The molecule has 25 heavy (non-hydrogen) atoms. The number of carboxylic acids is 1. The Morgan fingerprint density at radius 1 is 1.16 bits per heavy atom. The first kappa shape index (κ1) is 21.5. The fourth-order valence-electron chi connectivity index (χ4n) is 1.94. The molecule has 1 aromatic rings. The van der Waals surface area contributed by atoms with Crippen molar-refractivity contribution in [2.75, 3.05) is 0 Å². The number of ether oxygens (including phenoxy) is 1. The Hall–Kier alpha value is -1.53. The monoisotopic (exact) mass is 367 g/mol. The van der Waals surface area contributed by atoms with Crippen molar-refractivity contribution < 1.29 is 19.1 Å². The standard InChI is InChI=1S/C19H33NO4Si/c1-18(2,3)23-15-10-9-13(11-14(20)17(21)22)12-16(15)24-25(7,8)19(4,5)6/h9-10,12,14H,11,20H2,1-8H3,(H,21,22)/t14-/m0/s1. The van der Waals surface area contributed by atoms with Gasteiger partial charge in [-0.25, -0.2) is 0 Å². The Morgan fingerprint density at radius 3 is 2.16 bits per heavy atom. The van der Waals surface area contributed by atoms with E-state index in [1.807, 2.05) is 39.0 Å². The molecule has 0 radical (unpaired) electrons. The van der Waals surface area contributed by atoms with Gasteiger partial charge < -0.3 is 20.0 Å². The van der Waals surface area contributed by atoms with Crippen LogP contribution < -0.4 is 14.9 Å². The molecule has 0 saturated carbocycles. The summed E-state index contributed by atoms with van der Waals surface area (Å²) in [4.78, 5) is 11.0. The Balaban J connectivity index is 3.25. The van der Waals surface area contributed by atoms with Crippen LogP contribution in [0.15, 0.2) is 18.2 Å². The maximum absolute atomic E-state index is 11.0. The van der Waals surface area contributed by atoms with Crippen LogP contribution in [0, 0.1) is 0 Å². The third-order valence-electron chi connectivity index (χ3n) is 4.37. The molecular formula is C19H33NO4Si. The van der Waals surface area contributed by atoms with Crippen LogP contribution in [0.5, 0.6) is 11.5 Å². The molecule has 0 aliphatic rings. The molecule has 0 amide bonds. The minimum atomic E-state index is -2.06. The van der Waals surface area contributed by atoms with Crippen molar-refractivity contribution in [1.29, 1.82) is 0 Å². The zero-order valence-corrected chi connectivity index (χ0v) is 17.8. The molecule has 0 fully saturated rings. The second kappa shape index (κ2) is 7.38. The molecule has 0 aliphatic heterocycles. The second-order valence-corrected chi connectivity index (χ2v) is 13.7. The normalized spacial score (nSPS) is 14.1. The Morgan fingerprint density at radius 2 is 1.72 bits per heavy atom. The average Bonchev–Trinajstić information content (AvgIpc) is 2.38. The van der Waals surface area contributed by atoms with Crippen LogP contribution in [0.3, 0.4) is 0 Å². The average molecular weight is 368 g/mol. The lowest BCUT2D eigenvalue weighted by atomic mass is 10.1. The molecule has 6 heteroatoms. The van der Waals surface area contributed by atoms with Crippen molar-refractivity contribution in [1.82, 2.24) is 0 Å². The predicted octanol–water partition coefficient (Wildman–Crippen LogP) is 4.20. The van der Waals surface area contributed by atoms with Crippen LogP contribution in [-0.4, -0.2) is 31.0 Å². The van der Waals surface area contributed by atoms with Gasteiger partial charge in [0.2, 0.25) is 0 Å². The third-order valence-corrected chi connectivity index (χ3v) is 8.71. The lowest BCUT2D eigenvalue weighted by Crippen LogP contribution is -2.44. The lowest BCUT2D eigenvalue weighted by molar-refractivity contribution is -0.138. The number of carbonyl (C=O) groups is 1. The molecule has 0 saturated heterocycles. The first-order valence-corrected chi connectivity index (χ1v) is 11.5. The van der Waals surface area contributed by atoms with Gasteiger partial charge in [-0.3, -0.25) is 4.79 Å². The summed E-state index contributed by atoms with van der Waals surface area (Å²) in [5, 5.41) is 9.08. The Kier molecular flexibility index (Phi) is 6.35. The van der Waals surface area contributed by atoms with E-state index >= 15 is 0 Å². The van der Waals surface area contributed by atoms with E-state index in [1.165, 1.54) is 0 Å². The topological polar surface area (TPSA) is 81.8 Å². The minimum absolute atomic E-state index is 0.0411. The van der Waals surface area contributed by atoms with Crippen molar-refractivity contribution in [3.63, 3.8) is 0 Å². The van der Waals surface area contributed by atoms with Gasteiger partial charge in [-0.15, -0.1) is 0 Å². The molecule has 0 aromatic heterocycles. The first-order valence-electron chi connectivity index (χ1n) is 8.62. The fraction of sp³-hybridized carbons (Fsp3) is 0.632. The molecule has 5 nitrogen and oxygen atoms in total. The first-order chi connectivity index (χ1) is 11.1. The number of carboxylic acid groups (broad SMARTS) is 1. The fourth-order valence-corrected chi connectivity index (χ4v) is 2.96. The summed E-state index contributed by atoms with van der Waals surface area (Å²) in [6.45, 7) is 16.8. The SMILES string of the molecule is CC(C)(C)Oc1ccc(C[C@H](N)C(=O)O)cc1O[Si](C)(C)C(C)(C)C. The zero-order chi connectivity index (χ0) is 19.6. The van der Waals surface area contributed by atoms with Crippen molar-refractivity contribution in [3.05, 3.63) is 23.8 Å². The van der Waals surface area contributed by atoms with E-state index < -0.39 is 20.3 Å². The smallest absolute Gasteiger partial charge is 0.320 e. The molecule has 0 spiro atoms. The van der Waals surface area contributed by atoms with Gasteiger partial charge in [0.1, 0.15) is 17.4 Å². The van der Waals surface area contributed by atoms with Crippen molar-refractivity contribution in [3.8, 4) is 11.5 Å². The van der Waals surface area contributed by atoms with Gasteiger partial charge in [0.05, 0.1) is 0 Å². The molecular weight excluding hydrogens is 334 g/mol. The molecule has 1 atom stereocenters. The highest BCUT2D eigenvalue weighted by molar-refractivity contribution is 6.74. The van der Waals surface area contributed by atoms with E-state index in [9.17, 15) is 4.79 Å². The second-order valence-electron chi connectivity index (χ2n) is 9.01. The molecule has 142 valence electrons. The molecule has 0 heterocycles. The summed E-state index contributed by atoms with van der Waals surface area (Å²) in [5.41, 5.74) is 6.14. The summed E-state index contributed by atoms with van der Waals surface area (Å²) in [7, 11) is -2.06. The molecule has 1 aromatic carbocycles. The Labute approximate surface area is 152 Å². The van der Waals surface area contributed by atoms with Gasteiger partial charge in [0.15, 0.2) is 5.75 Å². The van der Waals surface area contributed by atoms with Gasteiger partial charge in [0.25, 0.3) is 8.32 Å². The largest absolute Gasteiger partial charge is 0.541 e. The van der Waals surface area contributed by atoms with Crippen LogP contribution in [0.4, 0.5) is 0 Å². The minimum Gasteiger partial charge on any atom is -0.541 e. The number of rotatable bonds is 6. The summed E-state index contributed by atoms with van der Waals surface area (Å²) < 4.78 is 12.5. The molecule has 0 aliphatic carbocycles. The number of hydrogen-bond acceptors (Lipinski definition) is 4. The van der Waals surface area contributed by atoms with Crippen molar-refractivity contribution in [2.24, 2.45) is 5.73 Å². The lowest BCUT2D eigenvalue weighted by Gasteiger charge is -2.37. The number of hydrogen-bond donors (Lipinski definition) is 2. The summed E-state index contributed by atoms with van der Waals surface area (Å²) in [6.07, 6.45) is 0.249. The van der Waals surface area contributed by atoms with E-state index in [2.05, 4.69) is 33.9 Å². The highest BCUT2D eigenvalue weighted by Crippen LogP contribution is 2.41. The summed E-state index contributed by atoms with van der Waals surface area (Å²) >= 11 is 0. The van der Waals surface area contributed by atoms with Crippen LogP contribution >= 0.6 is 0 Å². The predicted molar refractivity (Wildman–Crippen MR) is 104 cm³/mol. The molecule has 3 N–H and O–H groups in total. The van der Waals surface area contributed by atoms with Crippen LogP contribution in [0.2, 0.25) is 18.1 Å². The molecule has 0 bridgehead atoms. The number of aliphatic carboxylic acids is 1. The maximum atomic E-state index is 11.0.